The number of hydrogen-bond acceptors (Lipinski definition) is 7. The third-order valence-electron chi connectivity index (χ3n) is 5.49. The Morgan fingerprint density at radius 1 is 1.03 bits per heavy atom. The second-order valence-corrected chi connectivity index (χ2v) is 11.8. The van der Waals surface area contributed by atoms with Gasteiger partial charge >= 0.3 is 5.51 Å². The van der Waals surface area contributed by atoms with Crippen molar-refractivity contribution < 1.29 is 30.6 Å². The summed E-state index contributed by atoms with van der Waals surface area (Å²) in [6.07, 6.45) is 10.4. The summed E-state index contributed by atoms with van der Waals surface area (Å²) < 4.78 is 81.8. The molecule has 0 fully saturated rings. The van der Waals surface area contributed by atoms with Crippen molar-refractivity contribution in [1.82, 2.24) is 20.0 Å². The van der Waals surface area contributed by atoms with Crippen LogP contribution in [0.25, 0.3) is 12.2 Å². The molecule has 0 saturated heterocycles. The summed E-state index contributed by atoms with van der Waals surface area (Å²) in [7, 11) is -3.65. The zero-order valence-electron chi connectivity index (χ0n) is 19.9. The molecule has 2 aromatic carbocycles. The molecule has 0 bridgehead atoms. The van der Waals surface area contributed by atoms with E-state index in [4.69, 9.17) is 4.42 Å². The summed E-state index contributed by atoms with van der Waals surface area (Å²) in [4.78, 5) is 3.99. The average Bonchev–Trinajstić information content (AvgIpc) is 3.57. The highest BCUT2D eigenvalue weighted by Crippen LogP contribution is 2.30. The molecule has 0 radical (unpaired) electrons. The third kappa shape index (κ3) is 7.55. The van der Waals surface area contributed by atoms with Gasteiger partial charge in [-0.15, -0.1) is 18.3 Å². The number of aryl methyl sites for hydroxylation is 2. The molecule has 4 aromatic rings. The second-order valence-electron chi connectivity index (χ2n) is 8.32. The topological polar surface area (TPSA) is 114 Å². The minimum atomic E-state index is -4.83. The molecule has 0 N–H and O–H groups in total. The van der Waals surface area contributed by atoms with Crippen LogP contribution < -0.4 is 0 Å². The van der Waals surface area contributed by atoms with E-state index in [1.807, 2.05) is 6.20 Å². The Morgan fingerprint density at radius 3 is 2.42 bits per heavy atom. The summed E-state index contributed by atoms with van der Waals surface area (Å²) in [5.41, 5.74) is -3.04. The molecule has 1 unspecified atom stereocenters. The molecular weight excluding hydrogens is 541 g/mol. The zero-order valence-corrected chi connectivity index (χ0v) is 21.5. The molecule has 0 aliphatic rings. The fraction of sp³-hybridized carbons (Fsp3) is 0.240. The molecule has 38 heavy (non-hydrogen) atoms. The summed E-state index contributed by atoms with van der Waals surface area (Å²) in [5, 5.41) is 7.68. The Labute approximate surface area is 220 Å². The number of benzene rings is 2. The van der Waals surface area contributed by atoms with Gasteiger partial charge in [0.2, 0.25) is 5.89 Å². The Morgan fingerprint density at radius 2 is 1.76 bits per heavy atom. The molecule has 0 aliphatic heterocycles. The number of oxazole rings is 1. The van der Waals surface area contributed by atoms with Gasteiger partial charge in [0.25, 0.3) is 0 Å². The van der Waals surface area contributed by atoms with Gasteiger partial charge in [0.1, 0.15) is 12.0 Å². The Bertz CT molecular complexity index is 1450. The van der Waals surface area contributed by atoms with Crippen molar-refractivity contribution in [3.63, 3.8) is 0 Å². The highest BCUT2D eigenvalue weighted by atomic mass is 32.2. The number of alkyl halides is 3. The van der Waals surface area contributed by atoms with Gasteiger partial charge in [-0.1, -0.05) is 17.3 Å². The van der Waals surface area contributed by atoms with E-state index >= 15 is 0 Å². The predicted octanol–water partition coefficient (Wildman–Crippen LogP) is 5.06. The Kier molecular flexibility index (Phi) is 8.69. The van der Waals surface area contributed by atoms with Gasteiger partial charge < -0.3 is 8.97 Å². The highest BCUT2D eigenvalue weighted by molar-refractivity contribution is 7.92. The van der Waals surface area contributed by atoms with Crippen LogP contribution in [0.2, 0.25) is 0 Å². The number of sulfone groups is 1. The van der Waals surface area contributed by atoms with Crippen LogP contribution in [0.15, 0.2) is 81.4 Å². The van der Waals surface area contributed by atoms with Gasteiger partial charge in [0, 0.05) is 18.8 Å². The highest BCUT2D eigenvalue weighted by Gasteiger charge is 2.45. The number of nitrogens with zero attached hydrogens (tertiary/aromatic N) is 4. The molecule has 0 aliphatic carbocycles. The van der Waals surface area contributed by atoms with Crippen molar-refractivity contribution in [3.05, 3.63) is 89.9 Å². The first-order valence-electron chi connectivity index (χ1n) is 11.5. The van der Waals surface area contributed by atoms with Crippen LogP contribution in [0, 0.1) is 0 Å². The smallest absolute Gasteiger partial charge is 0.578 e. The minimum absolute atomic E-state index is 0.138. The molecule has 2 heterocycles. The standard InChI is InChI=1S/C25H23F3N4O4S2/c26-25(27,28)37(33)22-9-4-20(5-10-22)8-13-24-30-21(17-36-24)18-38(34,35)23-11-6-19(7-12-23)3-1-2-15-32-16-14-29-31-32/h4-14,16-17H,1-3,15,18H2/b13-8+. The third-order valence-corrected chi connectivity index (χ3v) is 8.27. The normalized spacial score (nSPS) is 13.3. The molecule has 200 valence electrons. The fourth-order valence-corrected chi connectivity index (χ4v) is 5.46. The first-order chi connectivity index (χ1) is 18.1. The number of rotatable bonds is 11. The zero-order chi connectivity index (χ0) is 27.2. The maximum absolute atomic E-state index is 12.8. The van der Waals surface area contributed by atoms with Gasteiger partial charge in [0.15, 0.2) is 14.7 Å². The number of unbranched alkanes of at least 4 members (excludes halogenated alkanes) is 1. The summed E-state index contributed by atoms with van der Waals surface area (Å²) in [5.74, 6) is -0.209. The minimum Gasteiger partial charge on any atom is -0.604 e. The summed E-state index contributed by atoms with van der Waals surface area (Å²) >= 11 is -3.10. The molecule has 4 rings (SSSR count). The van der Waals surface area contributed by atoms with E-state index in [0.717, 1.165) is 43.5 Å². The molecular formula is C25H23F3N4O4S2. The van der Waals surface area contributed by atoms with Gasteiger partial charge in [0.05, 0.1) is 28.0 Å². The average molecular weight is 565 g/mol. The fourth-order valence-electron chi connectivity index (χ4n) is 3.57. The lowest BCUT2D eigenvalue weighted by atomic mass is 10.1. The molecule has 0 saturated carbocycles. The Hall–Kier alpha value is -3.42. The first-order valence-corrected chi connectivity index (χ1v) is 14.3. The van der Waals surface area contributed by atoms with Crippen molar-refractivity contribution in [3.8, 4) is 0 Å². The van der Waals surface area contributed by atoms with Crippen LogP contribution in [-0.2, 0) is 39.7 Å². The maximum Gasteiger partial charge on any atom is 0.578 e. The molecule has 0 amide bonds. The van der Waals surface area contributed by atoms with E-state index in [9.17, 15) is 26.1 Å². The Balaban J connectivity index is 1.30. The van der Waals surface area contributed by atoms with Gasteiger partial charge in [-0.05, 0) is 72.9 Å². The molecule has 2 aromatic heterocycles. The van der Waals surface area contributed by atoms with E-state index in [1.165, 1.54) is 30.5 Å². The largest absolute Gasteiger partial charge is 0.604 e. The molecule has 1 atom stereocenters. The van der Waals surface area contributed by atoms with E-state index in [1.54, 1.807) is 35.1 Å². The van der Waals surface area contributed by atoms with Crippen molar-refractivity contribution in [2.45, 2.75) is 46.9 Å². The molecule has 13 heteroatoms. The predicted molar refractivity (Wildman–Crippen MR) is 135 cm³/mol. The van der Waals surface area contributed by atoms with Gasteiger partial charge in [-0.2, -0.15) is 0 Å². The van der Waals surface area contributed by atoms with Crippen LogP contribution in [0.5, 0.6) is 0 Å². The van der Waals surface area contributed by atoms with Crippen LogP contribution in [0.3, 0.4) is 0 Å². The van der Waals surface area contributed by atoms with E-state index in [-0.39, 0.29) is 27.1 Å². The van der Waals surface area contributed by atoms with E-state index in [2.05, 4.69) is 15.3 Å². The lowest BCUT2D eigenvalue weighted by Gasteiger charge is -2.11. The van der Waals surface area contributed by atoms with Crippen LogP contribution in [0.1, 0.15) is 35.6 Å². The van der Waals surface area contributed by atoms with Crippen molar-refractivity contribution in [1.29, 1.82) is 0 Å². The van der Waals surface area contributed by atoms with Crippen molar-refractivity contribution in [2.24, 2.45) is 0 Å². The van der Waals surface area contributed by atoms with Crippen LogP contribution >= 0.6 is 0 Å². The quantitative estimate of drug-likeness (QED) is 0.185. The summed E-state index contributed by atoms with van der Waals surface area (Å²) in [6.45, 7) is 0.776. The molecule has 8 nitrogen and oxygen atoms in total. The van der Waals surface area contributed by atoms with Crippen LogP contribution in [0.4, 0.5) is 13.2 Å². The van der Waals surface area contributed by atoms with E-state index in [0.29, 0.717) is 5.56 Å². The SMILES string of the molecule is O=S(=O)(Cc1coc(/C=C/c2ccc([S+]([O-])C(F)(F)F)cc2)n1)c1ccc(CCCCn2ccnn2)cc1. The second kappa shape index (κ2) is 12.0. The maximum atomic E-state index is 12.8. The first kappa shape index (κ1) is 27.6. The number of hydrogen-bond donors (Lipinski definition) is 0. The van der Waals surface area contributed by atoms with Crippen molar-refractivity contribution in [2.75, 3.05) is 0 Å². The number of halogens is 3. The van der Waals surface area contributed by atoms with Gasteiger partial charge in [-0.25, -0.2) is 13.4 Å². The number of aromatic nitrogens is 4. The lowest BCUT2D eigenvalue weighted by molar-refractivity contribution is -0.0435. The summed E-state index contributed by atoms with van der Waals surface area (Å²) in [6, 6.07) is 11.8. The van der Waals surface area contributed by atoms with E-state index < -0.39 is 26.5 Å². The monoisotopic (exact) mass is 564 g/mol. The lowest BCUT2D eigenvalue weighted by Crippen LogP contribution is -2.23. The molecule has 0 spiro atoms. The van der Waals surface area contributed by atoms with Crippen molar-refractivity contribution >= 4 is 33.2 Å². The van der Waals surface area contributed by atoms with Gasteiger partial charge in [-0.3, -0.25) is 4.68 Å². The van der Waals surface area contributed by atoms with Crippen LogP contribution in [-0.4, -0.2) is 38.5 Å².